The topological polar surface area (TPSA) is 12.0 Å². The zero-order valence-corrected chi connectivity index (χ0v) is 12.7. The molecular formula is C17H27F2N. The molecule has 20 heavy (non-hydrogen) atoms. The van der Waals surface area contributed by atoms with E-state index in [1.165, 1.54) is 37.5 Å². The van der Waals surface area contributed by atoms with Crippen LogP contribution in [-0.2, 0) is 0 Å². The molecule has 0 aromatic heterocycles. The Morgan fingerprint density at radius 3 is 2.20 bits per heavy atom. The molecular weight excluding hydrogens is 256 g/mol. The van der Waals surface area contributed by atoms with Crippen molar-refractivity contribution >= 4 is 0 Å². The van der Waals surface area contributed by atoms with Gasteiger partial charge in [0.2, 0.25) is 0 Å². The zero-order chi connectivity index (χ0) is 14.8. The van der Waals surface area contributed by atoms with Gasteiger partial charge in [-0.25, -0.2) is 8.78 Å². The van der Waals surface area contributed by atoms with Crippen LogP contribution in [0.3, 0.4) is 0 Å². The number of nitrogens with one attached hydrogen (secondary N) is 1. The Balaban J connectivity index is 2.63. The van der Waals surface area contributed by atoms with Crippen molar-refractivity contribution in [3.63, 3.8) is 0 Å². The van der Waals surface area contributed by atoms with E-state index in [9.17, 15) is 8.78 Å². The maximum Gasteiger partial charge on any atom is 0.130 e. The molecule has 1 atom stereocenters. The van der Waals surface area contributed by atoms with E-state index in [0.29, 0.717) is 0 Å². The van der Waals surface area contributed by atoms with Gasteiger partial charge in [0.1, 0.15) is 11.6 Å². The molecule has 0 radical (unpaired) electrons. The zero-order valence-electron chi connectivity index (χ0n) is 12.7. The molecule has 1 rings (SSSR count). The molecule has 1 aromatic carbocycles. The normalized spacial score (nSPS) is 12.6. The van der Waals surface area contributed by atoms with Crippen LogP contribution in [0.25, 0.3) is 0 Å². The quantitative estimate of drug-likeness (QED) is 0.569. The van der Waals surface area contributed by atoms with Crippen molar-refractivity contribution in [2.24, 2.45) is 0 Å². The van der Waals surface area contributed by atoms with E-state index in [1.807, 2.05) is 0 Å². The van der Waals surface area contributed by atoms with Gasteiger partial charge in [-0.15, -0.1) is 0 Å². The Kier molecular flexibility index (Phi) is 8.43. The van der Waals surface area contributed by atoms with Crippen molar-refractivity contribution in [1.82, 2.24) is 5.32 Å². The van der Waals surface area contributed by atoms with Gasteiger partial charge in [0.05, 0.1) is 0 Å². The lowest BCUT2D eigenvalue weighted by molar-refractivity contribution is 0.428. The molecule has 0 aliphatic heterocycles. The fourth-order valence-corrected chi connectivity index (χ4v) is 2.46. The lowest BCUT2D eigenvalue weighted by Gasteiger charge is -2.20. The van der Waals surface area contributed by atoms with E-state index in [-0.39, 0.29) is 11.6 Å². The van der Waals surface area contributed by atoms with E-state index >= 15 is 0 Å². The maximum absolute atomic E-state index is 13.9. The first kappa shape index (κ1) is 17.1. The second kappa shape index (κ2) is 9.87. The van der Waals surface area contributed by atoms with Gasteiger partial charge in [0, 0.05) is 11.6 Å². The molecule has 0 saturated carbocycles. The van der Waals surface area contributed by atoms with Gasteiger partial charge in [-0.2, -0.15) is 0 Å². The Morgan fingerprint density at radius 1 is 0.950 bits per heavy atom. The summed E-state index contributed by atoms with van der Waals surface area (Å²) in [5, 5.41) is 3.28. The van der Waals surface area contributed by atoms with E-state index in [4.69, 9.17) is 0 Å². The van der Waals surface area contributed by atoms with Gasteiger partial charge in [-0.3, -0.25) is 0 Å². The van der Waals surface area contributed by atoms with Crippen LogP contribution < -0.4 is 5.32 Å². The molecule has 0 spiro atoms. The molecule has 0 bridgehead atoms. The number of benzene rings is 1. The lowest BCUT2D eigenvalue weighted by atomic mass is 9.98. The van der Waals surface area contributed by atoms with Gasteiger partial charge < -0.3 is 5.32 Å². The Morgan fingerprint density at radius 2 is 1.60 bits per heavy atom. The Hall–Kier alpha value is -0.960. The van der Waals surface area contributed by atoms with E-state index in [0.717, 1.165) is 32.2 Å². The summed E-state index contributed by atoms with van der Waals surface area (Å²) >= 11 is 0. The van der Waals surface area contributed by atoms with Crippen molar-refractivity contribution in [1.29, 1.82) is 0 Å². The van der Waals surface area contributed by atoms with Crippen LogP contribution in [0.5, 0.6) is 0 Å². The lowest BCUT2D eigenvalue weighted by Crippen LogP contribution is -2.24. The third-order valence-corrected chi connectivity index (χ3v) is 3.59. The minimum Gasteiger partial charge on any atom is -0.310 e. The van der Waals surface area contributed by atoms with Crippen LogP contribution in [0.2, 0.25) is 0 Å². The van der Waals surface area contributed by atoms with Crippen molar-refractivity contribution < 1.29 is 8.78 Å². The van der Waals surface area contributed by atoms with E-state index < -0.39 is 11.6 Å². The molecule has 1 unspecified atom stereocenters. The van der Waals surface area contributed by atoms with Crippen molar-refractivity contribution in [2.75, 3.05) is 6.54 Å². The summed E-state index contributed by atoms with van der Waals surface area (Å²) in [7, 11) is 0. The monoisotopic (exact) mass is 283 g/mol. The highest BCUT2D eigenvalue weighted by atomic mass is 19.1. The maximum atomic E-state index is 13.9. The molecule has 0 heterocycles. The Labute approximate surface area is 121 Å². The number of hydrogen-bond donors (Lipinski definition) is 1. The molecule has 114 valence electrons. The van der Waals surface area contributed by atoms with Crippen molar-refractivity contribution in [3.8, 4) is 0 Å². The van der Waals surface area contributed by atoms with Crippen LogP contribution >= 0.6 is 0 Å². The minimum atomic E-state index is -0.438. The average molecular weight is 283 g/mol. The first-order valence-electron chi connectivity index (χ1n) is 7.88. The Bertz CT molecular complexity index is 359. The molecule has 1 nitrogen and oxygen atoms in total. The van der Waals surface area contributed by atoms with Gasteiger partial charge in [-0.1, -0.05) is 52.0 Å². The van der Waals surface area contributed by atoms with E-state index in [2.05, 4.69) is 19.2 Å². The largest absolute Gasteiger partial charge is 0.310 e. The highest BCUT2D eigenvalue weighted by Crippen LogP contribution is 2.25. The SMILES string of the molecule is CCCCCCCC(NCCC)c1c(F)cccc1F. The van der Waals surface area contributed by atoms with Gasteiger partial charge in [0.15, 0.2) is 0 Å². The van der Waals surface area contributed by atoms with Crippen LogP contribution in [0.1, 0.15) is 70.4 Å². The highest BCUT2D eigenvalue weighted by molar-refractivity contribution is 5.23. The van der Waals surface area contributed by atoms with Gasteiger partial charge in [-0.05, 0) is 31.5 Å². The predicted octanol–water partition coefficient (Wildman–Crippen LogP) is 5.37. The minimum absolute atomic E-state index is 0.205. The van der Waals surface area contributed by atoms with Crippen LogP contribution in [0.15, 0.2) is 18.2 Å². The molecule has 0 amide bonds. The summed E-state index contributed by atoms with van der Waals surface area (Å²) in [6.45, 7) is 5.02. The molecule has 0 aliphatic rings. The van der Waals surface area contributed by atoms with Crippen molar-refractivity contribution in [2.45, 2.75) is 64.8 Å². The summed E-state index contributed by atoms with van der Waals surface area (Å²) in [6, 6.07) is 3.90. The number of hydrogen-bond acceptors (Lipinski definition) is 1. The van der Waals surface area contributed by atoms with Crippen LogP contribution in [0, 0.1) is 11.6 Å². The fraction of sp³-hybridized carbons (Fsp3) is 0.647. The predicted molar refractivity (Wildman–Crippen MR) is 80.8 cm³/mol. The van der Waals surface area contributed by atoms with Crippen LogP contribution in [-0.4, -0.2) is 6.54 Å². The molecule has 0 fully saturated rings. The number of halogens is 2. The second-order valence-corrected chi connectivity index (χ2v) is 5.34. The summed E-state index contributed by atoms with van der Waals surface area (Å²) in [4.78, 5) is 0. The molecule has 1 aromatic rings. The van der Waals surface area contributed by atoms with E-state index in [1.54, 1.807) is 0 Å². The standard InChI is InChI=1S/C17H27F2N/c1-3-5-6-7-8-12-16(20-13-4-2)17-14(18)10-9-11-15(17)19/h9-11,16,20H,3-8,12-13H2,1-2H3. The van der Waals surface area contributed by atoms with Gasteiger partial charge in [0.25, 0.3) is 0 Å². The smallest absolute Gasteiger partial charge is 0.130 e. The average Bonchev–Trinajstić information content (AvgIpc) is 2.43. The number of rotatable bonds is 10. The summed E-state index contributed by atoms with van der Waals surface area (Å²) < 4.78 is 27.8. The first-order valence-corrected chi connectivity index (χ1v) is 7.88. The number of unbranched alkanes of at least 4 members (excludes halogenated alkanes) is 4. The molecule has 3 heteroatoms. The van der Waals surface area contributed by atoms with Crippen molar-refractivity contribution in [3.05, 3.63) is 35.4 Å². The third kappa shape index (κ3) is 5.58. The van der Waals surface area contributed by atoms with Gasteiger partial charge >= 0.3 is 0 Å². The fourth-order valence-electron chi connectivity index (χ4n) is 2.46. The molecule has 1 N–H and O–H groups in total. The third-order valence-electron chi connectivity index (χ3n) is 3.59. The molecule has 0 saturated heterocycles. The molecule has 0 aliphatic carbocycles. The van der Waals surface area contributed by atoms with Crippen LogP contribution in [0.4, 0.5) is 8.78 Å². The second-order valence-electron chi connectivity index (χ2n) is 5.34. The summed E-state index contributed by atoms with van der Waals surface area (Å²) in [5.41, 5.74) is 0.205. The first-order chi connectivity index (χ1) is 9.70. The highest BCUT2D eigenvalue weighted by Gasteiger charge is 2.18. The summed E-state index contributed by atoms with van der Waals surface area (Å²) in [6.07, 6.45) is 7.55. The summed E-state index contributed by atoms with van der Waals surface area (Å²) in [5.74, 6) is -0.876.